The number of nitrogens with zero attached hydrogens (tertiary/aromatic N) is 2. The molecule has 1 aromatic heterocycles. The second kappa shape index (κ2) is 5.08. The van der Waals surface area contributed by atoms with Gasteiger partial charge in [-0.15, -0.1) is 5.10 Å². The van der Waals surface area contributed by atoms with Crippen LogP contribution in [0.1, 0.15) is 33.4 Å². The summed E-state index contributed by atoms with van der Waals surface area (Å²) in [6, 6.07) is 4.73. The van der Waals surface area contributed by atoms with Gasteiger partial charge in [0, 0.05) is 5.56 Å². The molecule has 3 nitrogen and oxygen atoms in total. The highest BCUT2D eigenvalue weighted by atomic mass is 32.1. The number of alkyl halides is 3. The highest BCUT2D eigenvalue weighted by molar-refractivity contribution is 7.08. The number of carbonyl (C=O) groups is 1. The second-order valence-corrected chi connectivity index (χ2v) is 4.53. The number of aryl methyl sites for hydroxylation is 1. The highest BCUT2D eigenvalue weighted by Gasteiger charge is 2.35. The average molecular weight is 286 g/mol. The minimum atomic E-state index is -4.56. The summed E-state index contributed by atoms with van der Waals surface area (Å²) < 4.78 is 42.2. The molecule has 19 heavy (non-hydrogen) atoms. The van der Waals surface area contributed by atoms with Gasteiger partial charge in [0.15, 0.2) is 0 Å². The van der Waals surface area contributed by atoms with Crippen molar-refractivity contribution in [2.24, 2.45) is 0 Å². The molecule has 0 bridgehead atoms. The number of ketones is 1. The van der Waals surface area contributed by atoms with E-state index in [0.29, 0.717) is 12.1 Å². The van der Waals surface area contributed by atoms with Gasteiger partial charge in [-0.25, -0.2) is 0 Å². The summed E-state index contributed by atoms with van der Waals surface area (Å²) in [6.45, 7) is 1.77. The summed E-state index contributed by atoms with van der Waals surface area (Å²) in [4.78, 5) is 12.4. The van der Waals surface area contributed by atoms with E-state index in [-0.39, 0.29) is 10.4 Å². The quantitative estimate of drug-likeness (QED) is 0.813. The summed E-state index contributed by atoms with van der Waals surface area (Å²) in [5.41, 5.74) is -0.877. The van der Waals surface area contributed by atoms with Crippen molar-refractivity contribution in [2.45, 2.75) is 19.5 Å². The van der Waals surface area contributed by atoms with Gasteiger partial charge in [0.05, 0.1) is 11.3 Å². The summed E-state index contributed by atoms with van der Waals surface area (Å²) in [5.74, 6) is -0.681. The number of benzene rings is 1. The topological polar surface area (TPSA) is 42.9 Å². The third kappa shape index (κ3) is 2.65. The lowest BCUT2D eigenvalue weighted by atomic mass is 10.0. The summed E-state index contributed by atoms with van der Waals surface area (Å²) in [6.07, 6.45) is -4.11. The van der Waals surface area contributed by atoms with E-state index in [2.05, 4.69) is 9.59 Å². The van der Waals surface area contributed by atoms with Gasteiger partial charge >= 0.3 is 6.18 Å². The Bertz CT molecular complexity index is 607. The maximum atomic E-state index is 12.9. The third-order valence-electron chi connectivity index (χ3n) is 2.57. The number of carbonyl (C=O) groups excluding carboxylic acids is 1. The molecule has 0 aliphatic heterocycles. The Balaban J connectivity index is 2.51. The normalized spacial score (nSPS) is 11.6. The smallest absolute Gasteiger partial charge is 0.288 e. The molecule has 0 saturated heterocycles. The van der Waals surface area contributed by atoms with Crippen molar-refractivity contribution in [3.63, 3.8) is 0 Å². The van der Waals surface area contributed by atoms with Crippen LogP contribution in [-0.4, -0.2) is 15.4 Å². The van der Waals surface area contributed by atoms with Crippen LogP contribution < -0.4 is 0 Å². The van der Waals surface area contributed by atoms with E-state index in [4.69, 9.17) is 0 Å². The molecule has 0 fully saturated rings. The number of rotatable bonds is 3. The third-order valence-corrected chi connectivity index (χ3v) is 3.34. The molecule has 2 rings (SSSR count). The standard InChI is InChI=1S/C12H9F3N2OS/c1-2-9-11(19-17-16-9)10(18)7-5-3-4-6-8(7)12(13,14)15/h3-6H,2H2,1H3. The predicted molar refractivity (Wildman–Crippen MR) is 64.2 cm³/mol. The Morgan fingerprint density at radius 3 is 2.63 bits per heavy atom. The van der Waals surface area contributed by atoms with Crippen molar-refractivity contribution in [2.75, 3.05) is 0 Å². The van der Waals surface area contributed by atoms with Gasteiger partial charge in [0.25, 0.3) is 0 Å². The average Bonchev–Trinajstić information content (AvgIpc) is 2.85. The first kappa shape index (κ1) is 13.7. The predicted octanol–water partition coefficient (Wildman–Crippen LogP) is 3.35. The molecule has 0 aliphatic carbocycles. The Labute approximate surface area is 111 Å². The minimum absolute atomic E-state index is 0.166. The molecular weight excluding hydrogens is 277 g/mol. The zero-order valence-electron chi connectivity index (χ0n) is 9.86. The van der Waals surface area contributed by atoms with E-state index < -0.39 is 17.5 Å². The van der Waals surface area contributed by atoms with Crippen LogP contribution in [0, 0.1) is 0 Å². The molecule has 2 aromatic rings. The highest BCUT2D eigenvalue weighted by Crippen LogP contribution is 2.33. The molecular formula is C12H9F3N2OS. The van der Waals surface area contributed by atoms with Crippen LogP contribution in [0.4, 0.5) is 13.2 Å². The van der Waals surface area contributed by atoms with Crippen molar-refractivity contribution in [3.05, 3.63) is 46.0 Å². The van der Waals surface area contributed by atoms with Crippen molar-refractivity contribution >= 4 is 17.3 Å². The van der Waals surface area contributed by atoms with Crippen LogP contribution in [-0.2, 0) is 12.6 Å². The first-order valence-electron chi connectivity index (χ1n) is 5.47. The first-order valence-corrected chi connectivity index (χ1v) is 6.24. The largest absolute Gasteiger partial charge is 0.417 e. The van der Waals surface area contributed by atoms with Crippen molar-refractivity contribution in [3.8, 4) is 0 Å². The monoisotopic (exact) mass is 286 g/mol. The fourth-order valence-corrected chi connectivity index (χ4v) is 2.37. The number of halogens is 3. The Hall–Kier alpha value is -1.76. The van der Waals surface area contributed by atoms with Crippen LogP contribution in [0.15, 0.2) is 24.3 Å². The summed E-state index contributed by atoms with van der Waals surface area (Å²) in [7, 11) is 0. The molecule has 7 heteroatoms. The van der Waals surface area contributed by atoms with E-state index >= 15 is 0 Å². The van der Waals surface area contributed by atoms with Crippen molar-refractivity contribution < 1.29 is 18.0 Å². The zero-order valence-corrected chi connectivity index (χ0v) is 10.7. The SMILES string of the molecule is CCc1nnsc1C(=O)c1ccccc1C(F)(F)F. The molecule has 1 heterocycles. The van der Waals surface area contributed by atoms with E-state index in [1.165, 1.54) is 18.2 Å². The van der Waals surface area contributed by atoms with E-state index in [1.54, 1.807) is 6.92 Å². The van der Waals surface area contributed by atoms with Gasteiger partial charge in [-0.05, 0) is 24.0 Å². The molecule has 0 N–H and O–H groups in total. The maximum absolute atomic E-state index is 12.9. The van der Waals surface area contributed by atoms with Crippen LogP contribution in [0.5, 0.6) is 0 Å². The lowest BCUT2D eigenvalue weighted by Gasteiger charge is -2.11. The minimum Gasteiger partial charge on any atom is -0.288 e. The molecule has 0 radical (unpaired) electrons. The van der Waals surface area contributed by atoms with Gasteiger partial charge in [-0.3, -0.25) is 4.79 Å². The van der Waals surface area contributed by atoms with Gasteiger partial charge in [0.2, 0.25) is 5.78 Å². The van der Waals surface area contributed by atoms with Crippen molar-refractivity contribution in [1.82, 2.24) is 9.59 Å². The first-order chi connectivity index (χ1) is 8.95. The Morgan fingerprint density at radius 1 is 1.32 bits per heavy atom. The lowest BCUT2D eigenvalue weighted by molar-refractivity contribution is -0.137. The molecule has 100 valence electrons. The summed E-state index contributed by atoms with van der Waals surface area (Å²) in [5, 5.41) is 3.74. The van der Waals surface area contributed by atoms with Gasteiger partial charge in [-0.1, -0.05) is 29.6 Å². The Morgan fingerprint density at radius 2 is 2.00 bits per heavy atom. The zero-order chi connectivity index (χ0) is 14.0. The number of hydrogen-bond acceptors (Lipinski definition) is 4. The van der Waals surface area contributed by atoms with Crippen LogP contribution in [0.25, 0.3) is 0 Å². The van der Waals surface area contributed by atoms with Crippen LogP contribution in [0.3, 0.4) is 0 Å². The number of aromatic nitrogens is 2. The molecule has 0 spiro atoms. The Kier molecular flexibility index (Phi) is 3.66. The molecule has 0 aliphatic rings. The maximum Gasteiger partial charge on any atom is 0.417 e. The molecule has 1 aromatic carbocycles. The van der Waals surface area contributed by atoms with E-state index in [0.717, 1.165) is 17.6 Å². The molecule has 0 atom stereocenters. The molecule has 0 saturated carbocycles. The van der Waals surface area contributed by atoms with Gasteiger partial charge in [0.1, 0.15) is 4.88 Å². The van der Waals surface area contributed by atoms with Crippen molar-refractivity contribution in [1.29, 1.82) is 0 Å². The van der Waals surface area contributed by atoms with Crippen LogP contribution in [0.2, 0.25) is 0 Å². The van der Waals surface area contributed by atoms with Gasteiger partial charge < -0.3 is 0 Å². The summed E-state index contributed by atoms with van der Waals surface area (Å²) >= 11 is 0.818. The van der Waals surface area contributed by atoms with E-state index in [9.17, 15) is 18.0 Å². The second-order valence-electron chi connectivity index (χ2n) is 3.77. The van der Waals surface area contributed by atoms with E-state index in [1.807, 2.05) is 0 Å². The molecule has 0 amide bonds. The fraction of sp³-hybridized carbons (Fsp3) is 0.250. The van der Waals surface area contributed by atoms with Gasteiger partial charge in [-0.2, -0.15) is 13.2 Å². The molecule has 0 unspecified atom stereocenters. The fourth-order valence-electron chi connectivity index (χ4n) is 1.66. The number of hydrogen-bond donors (Lipinski definition) is 0. The lowest BCUT2D eigenvalue weighted by Crippen LogP contribution is -2.13. The van der Waals surface area contributed by atoms with Crippen LogP contribution >= 0.6 is 11.5 Å².